The lowest BCUT2D eigenvalue weighted by molar-refractivity contribution is -0.301. The second kappa shape index (κ2) is 9.82. The van der Waals surface area contributed by atoms with Crippen LogP contribution in [0.1, 0.15) is 31.2 Å². The minimum absolute atomic E-state index is 0.352. The molecule has 1 aromatic carbocycles. The minimum atomic E-state index is -1.40. The Kier molecular flexibility index (Phi) is 7.46. The summed E-state index contributed by atoms with van der Waals surface area (Å²) in [5.74, 6) is 1.66. The zero-order valence-electron chi connectivity index (χ0n) is 15.4. The average Bonchev–Trinajstić information content (AvgIpc) is 3.51. The van der Waals surface area contributed by atoms with Crippen LogP contribution in [0.15, 0.2) is 24.3 Å². The maximum Gasteiger partial charge on any atom is 0.186 e. The molecular weight excluding hydrogens is 352 g/mol. The summed E-state index contributed by atoms with van der Waals surface area (Å²) in [4.78, 5) is 0. The summed E-state index contributed by atoms with van der Waals surface area (Å²) in [5.41, 5.74) is 1.22. The van der Waals surface area contributed by atoms with Crippen LogP contribution in [0.25, 0.3) is 0 Å². The Morgan fingerprint density at radius 1 is 0.963 bits per heavy atom. The third-order valence-corrected chi connectivity index (χ3v) is 5.10. The van der Waals surface area contributed by atoms with E-state index in [1.165, 1.54) is 18.4 Å². The van der Waals surface area contributed by atoms with Gasteiger partial charge in [-0.2, -0.15) is 0 Å². The molecule has 0 spiro atoms. The molecule has 152 valence electrons. The van der Waals surface area contributed by atoms with E-state index in [9.17, 15) is 15.3 Å². The molecule has 1 aliphatic heterocycles. The van der Waals surface area contributed by atoms with Gasteiger partial charge in [0.05, 0.1) is 13.2 Å². The summed E-state index contributed by atoms with van der Waals surface area (Å²) in [6, 6.07) is 8.14. The van der Waals surface area contributed by atoms with Gasteiger partial charge in [-0.25, -0.2) is 0 Å². The van der Waals surface area contributed by atoms with Gasteiger partial charge >= 0.3 is 0 Å². The Morgan fingerprint density at radius 3 is 2.37 bits per heavy atom. The molecule has 2 aliphatic rings. The number of aryl methyl sites for hydroxylation is 1. The SMILES string of the molecule is OCC1OC(OCCCCc2ccc(OCC3CC3)cc2)C(O)C(O)C1O. The summed E-state index contributed by atoms with van der Waals surface area (Å²) >= 11 is 0. The highest BCUT2D eigenvalue weighted by atomic mass is 16.7. The van der Waals surface area contributed by atoms with Gasteiger partial charge in [-0.05, 0) is 55.7 Å². The topological polar surface area (TPSA) is 109 Å². The predicted molar refractivity (Wildman–Crippen MR) is 97.3 cm³/mol. The van der Waals surface area contributed by atoms with Crippen LogP contribution in [-0.4, -0.2) is 71.0 Å². The van der Waals surface area contributed by atoms with Crippen LogP contribution in [-0.2, 0) is 15.9 Å². The fourth-order valence-corrected chi connectivity index (χ4v) is 3.09. The Morgan fingerprint density at radius 2 is 1.70 bits per heavy atom. The lowest BCUT2D eigenvalue weighted by Gasteiger charge is -2.39. The van der Waals surface area contributed by atoms with Crippen LogP contribution in [0.5, 0.6) is 5.75 Å². The van der Waals surface area contributed by atoms with Crippen molar-refractivity contribution in [1.82, 2.24) is 0 Å². The van der Waals surface area contributed by atoms with E-state index in [1.54, 1.807) is 0 Å². The summed E-state index contributed by atoms with van der Waals surface area (Å²) in [6.45, 7) is 0.713. The first-order valence-corrected chi connectivity index (χ1v) is 9.72. The molecule has 3 rings (SSSR count). The van der Waals surface area contributed by atoms with Gasteiger partial charge in [0.25, 0.3) is 0 Å². The van der Waals surface area contributed by atoms with Crippen LogP contribution >= 0.6 is 0 Å². The lowest BCUT2D eigenvalue weighted by Crippen LogP contribution is -2.59. The Hall–Kier alpha value is -1.22. The number of hydrogen-bond acceptors (Lipinski definition) is 7. The fraction of sp³-hybridized carbons (Fsp3) is 0.700. The molecule has 1 heterocycles. The maximum atomic E-state index is 9.91. The van der Waals surface area contributed by atoms with Crippen molar-refractivity contribution in [2.75, 3.05) is 19.8 Å². The number of aliphatic hydroxyl groups excluding tert-OH is 4. The summed E-state index contributed by atoms with van der Waals surface area (Å²) in [6.07, 6.45) is -0.964. The third-order valence-electron chi connectivity index (χ3n) is 5.10. The largest absolute Gasteiger partial charge is 0.493 e. The normalized spacial score (nSPS) is 31.0. The molecule has 5 atom stereocenters. The molecule has 7 nitrogen and oxygen atoms in total. The van der Waals surface area contributed by atoms with Gasteiger partial charge in [0.1, 0.15) is 30.2 Å². The van der Waals surface area contributed by atoms with Crippen molar-refractivity contribution in [3.8, 4) is 5.75 Å². The van der Waals surface area contributed by atoms with Crippen molar-refractivity contribution in [2.24, 2.45) is 5.92 Å². The molecule has 0 aromatic heterocycles. The summed E-state index contributed by atoms with van der Waals surface area (Å²) in [5, 5.41) is 38.5. The van der Waals surface area contributed by atoms with E-state index in [0.717, 1.165) is 37.5 Å². The Bertz CT molecular complexity index is 558. The molecule has 27 heavy (non-hydrogen) atoms. The number of ether oxygens (including phenoxy) is 3. The van der Waals surface area contributed by atoms with Crippen LogP contribution in [0.4, 0.5) is 0 Å². The first-order valence-electron chi connectivity index (χ1n) is 9.72. The van der Waals surface area contributed by atoms with Gasteiger partial charge in [-0.1, -0.05) is 12.1 Å². The molecule has 1 saturated carbocycles. The van der Waals surface area contributed by atoms with Gasteiger partial charge in [-0.3, -0.25) is 0 Å². The molecule has 5 unspecified atom stereocenters. The number of benzene rings is 1. The second-order valence-corrected chi connectivity index (χ2v) is 7.42. The smallest absolute Gasteiger partial charge is 0.186 e. The molecule has 4 N–H and O–H groups in total. The molecular formula is C20H30O7. The van der Waals surface area contributed by atoms with E-state index in [4.69, 9.17) is 19.3 Å². The first kappa shape index (κ1) is 20.5. The zero-order valence-corrected chi connectivity index (χ0v) is 15.4. The van der Waals surface area contributed by atoms with E-state index < -0.39 is 37.3 Å². The van der Waals surface area contributed by atoms with Crippen LogP contribution < -0.4 is 4.74 Å². The van der Waals surface area contributed by atoms with E-state index >= 15 is 0 Å². The number of aliphatic hydroxyl groups is 4. The van der Waals surface area contributed by atoms with Crippen molar-refractivity contribution < 1.29 is 34.6 Å². The molecule has 0 radical (unpaired) electrons. The van der Waals surface area contributed by atoms with Gasteiger partial charge in [-0.15, -0.1) is 0 Å². The van der Waals surface area contributed by atoms with Gasteiger partial charge < -0.3 is 34.6 Å². The Labute approximate surface area is 159 Å². The minimum Gasteiger partial charge on any atom is -0.493 e. The standard InChI is InChI=1S/C20H30O7/c21-11-16-17(22)18(23)19(24)20(27-16)25-10-2-1-3-13-6-8-15(9-7-13)26-12-14-4-5-14/h6-9,14,16-24H,1-5,10-12H2. The van der Waals surface area contributed by atoms with E-state index in [-0.39, 0.29) is 0 Å². The molecule has 1 aliphatic carbocycles. The average molecular weight is 382 g/mol. The number of rotatable bonds is 10. The van der Waals surface area contributed by atoms with Crippen molar-refractivity contribution in [3.63, 3.8) is 0 Å². The maximum absolute atomic E-state index is 9.91. The van der Waals surface area contributed by atoms with Gasteiger partial charge in [0.2, 0.25) is 0 Å². The highest BCUT2D eigenvalue weighted by Gasteiger charge is 2.43. The highest BCUT2D eigenvalue weighted by Crippen LogP contribution is 2.29. The lowest BCUT2D eigenvalue weighted by atomic mass is 9.99. The van der Waals surface area contributed by atoms with E-state index in [0.29, 0.717) is 6.61 Å². The number of unbranched alkanes of at least 4 members (excludes halogenated alkanes) is 1. The Balaban J connectivity index is 1.32. The van der Waals surface area contributed by atoms with E-state index in [2.05, 4.69) is 12.1 Å². The van der Waals surface area contributed by atoms with Gasteiger partial charge in [0.15, 0.2) is 6.29 Å². The van der Waals surface area contributed by atoms with Crippen LogP contribution in [0, 0.1) is 5.92 Å². The predicted octanol–water partition coefficient (Wildman–Crippen LogP) is 0.615. The van der Waals surface area contributed by atoms with Crippen LogP contribution in [0.3, 0.4) is 0 Å². The molecule has 0 amide bonds. The third kappa shape index (κ3) is 5.88. The fourth-order valence-electron chi connectivity index (χ4n) is 3.09. The van der Waals surface area contributed by atoms with Crippen molar-refractivity contribution in [2.45, 2.75) is 62.8 Å². The molecule has 1 aromatic rings. The highest BCUT2D eigenvalue weighted by molar-refractivity contribution is 5.27. The van der Waals surface area contributed by atoms with Gasteiger partial charge in [0, 0.05) is 6.61 Å². The first-order chi connectivity index (χ1) is 13.1. The molecule has 7 heteroatoms. The monoisotopic (exact) mass is 382 g/mol. The second-order valence-electron chi connectivity index (χ2n) is 7.42. The number of hydrogen-bond donors (Lipinski definition) is 4. The van der Waals surface area contributed by atoms with E-state index in [1.807, 2.05) is 12.1 Å². The summed E-state index contributed by atoms with van der Waals surface area (Å²) in [7, 11) is 0. The quantitative estimate of drug-likeness (QED) is 0.439. The van der Waals surface area contributed by atoms with Crippen molar-refractivity contribution in [3.05, 3.63) is 29.8 Å². The molecule has 0 bridgehead atoms. The summed E-state index contributed by atoms with van der Waals surface area (Å²) < 4.78 is 16.5. The zero-order chi connectivity index (χ0) is 19.2. The molecule has 1 saturated heterocycles. The van der Waals surface area contributed by atoms with Crippen LogP contribution in [0.2, 0.25) is 0 Å². The molecule has 2 fully saturated rings. The van der Waals surface area contributed by atoms with Crippen molar-refractivity contribution >= 4 is 0 Å². The van der Waals surface area contributed by atoms with Crippen molar-refractivity contribution in [1.29, 1.82) is 0 Å².